The molecule has 8 heteroatoms. The quantitative estimate of drug-likeness (QED) is 0.384. The van der Waals surface area contributed by atoms with Crippen LogP contribution in [-0.4, -0.2) is 58.7 Å². The molecule has 1 aliphatic rings. The van der Waals surface area contributed by atoms with Crippen molar-refractivity contribution in [3.8, 4) is 33.8 Å². The zero-order valence-corrected chi connectivity index (χ0v) is 20.0. The van der Waals surface area contributed by atoms with E-state index in [0.717, 1.165) is 33.8 Å². The van der Waals surface area contributed by atoms with Crippen molar-refractivity contribution >= 4 is 11.9 Å². The standard InChI is InChI=1S/C28H26FN5O2/c1-2-36-28(35)34-14-12-33(13-15-34)26-17-25(31-27(32-26)21-6-4-3-5-7-21)23-16-22(18-30-19-23)20-8-10-24(29)11-9-20/h3-11,16-19H,2,12-15H2,1H3. The third kappa shape index (κ3) is 5.17. The van der Waals surface area contributed by atoms with Gasteiger partial charge < -0.3 is 14.5 Å². The van der Waals surface area contributed by atoms with Crippen molar-refractivity contribution in [2.45, 2.75) is 6.92 Å². The summed E-state index contributed by atoms with van der Waals surface area (Å²) in [6, 6.07) is 20.1. The van der Waals surface area contributed by atoms with Gasteiger partial charge in [-0.05, 0) is 30.7 Å². The van der Waals surface area contributed by atoms with Gasteiger partial charge in [0.05, 0.1) is 12.3 Å². The molecule has 1 fully saturated rings. The van der Waals surface area contributed by atoms with Gasteiger partial charge >= 0.3 is 6.09 Å². The van der Waals surface area contributed by atoms with Crippen molar-refractivity contribution in [1.82, 2.24) is 19.9 Å². The highest BCUT2D eigenvalue weighted by Gasteiger charge is 2.24. The van der Waals surface area contributed by atoms with E-state index >= 15 is 0 Å². The third-order valence-corrected chi connectivity index (χ3v) is 6.09. The molecular weight excluding hydrogens is 457 g/mol. The van der Waals surface area contributed by atoms with Crippen LogP contribution in [0.1, 0.15) is 6.92 Å². The largest absolute Gasteiger partial charge is 0.450 e. The number of rotatable bonds is 5. The Morgan fingerprint density at radius 3 is 2.31 bits per heavy atom. The number of benzene rings is 2. The maximum absolute atomic E-state index is 13.4. The number of hydrogen-bond acceptors (Lipinski definition) is 6. The van der Waals surface area contributed by atoms with E-state index < -0.39 is 0 Å². The van der Waals surface area contributed by atoms with Gasteiger partial charge in [-0.1, -0.05) is 42.5 Å². The molecule has 0 radical (unpaired) electrons. The number of piperazine rings is 1. The maximum atomic E-state index is 13.4. The van der Waals surface area contributed by atoms with Crippen LogP contribution < -0.4 is 4.90 Å². The third-order valence-electron chi connectivity index (χ3n) is 6.09. The molecule has 0 atom stereocenters. The molecule has 4 aromatic rings. The second-order valence-electron chi connectivity index (χ2n) is 8.44. The van der Waals surface area contributed by atoms with E-state index in [2.05, 4.69) is 9.88 Å². The number of aromatic nitrogens is 3. The van der Waals surface area contributed by atoms with Crippen molar-refractivity contribution in [1.29, 1.82) is 0 Å². The minimum atomic E-state index is -0.283. The summed E-state index contributed by atoms with van der Waals surface area (Å²) in [7, 11) is 0. The average molecular weight is 484 g/mol. The second-order valence-corrected chi connectivity index (χ2v) is 8.44. The fourth-order valence-corrected chi connectivity index (χ4v) is 4.17. The van der Waals surface area contributed by atoms with Gasteiger partial charge in [-0.2, -0.15) is 0 Å². The lowest BCUT2D eigenvalue weighted by Gasteiger charge is -2.35. The van der Waals surface area contributed by atoms with Crippen LogP contribution in [0.25, 0.3) is 33.8 Å². The molecule has 2 aromatic heterocycles. The number of pyridine rings is 1. The highest BCUT2D eigenvalue weighted by molar-refractivity contribution is 5.73. The van der Waals surface area contributed by atoms with E-state index in [0.29, 0.717) is 38.6 Å². The Balaban J connectivity index is 1.49. The summed E-state index contributed by atoms with van der Waals surface area (Å²) in [4.78, 5) is 30.2. The van der Waals surface area contributed by atoms with E-state index in [9.17, 15) is 9.18 Å². The molecule has 1 amide bonds. The Morgan fingerprint density at radius 2 is 1.58 bits per heavy atom. The molecule has 0 saturated carbocycles. The molecule has 1 aliphatic heterocycles. The average Bonchev–Trinajstić information content (AvgIpc) is 2.94. The molecule has 3 heterocycles. The van der Waals surface area contributed by atoms with Crippen molar-refractivity contribution in [3.05, 3.63) is 84.9 Å². The molecule has 1 saturated heterocycles. The van der Waals surface area contributed by atoms with Gasteiger partial charge in [-0.3, -0.25) is 4.98 Å². The lowest BCUT2D eigenvalue weighted by Crippen LogP contribution is -2.49. The zero-order chi connectivity index (χ0) is 24.9. The van der Waals surface area contributed by atoms with Crippen LogP contribution in [0, 0.1) is 5.82 Å². The number of carbonyl (C=O) groups excluding carboxylic acids is 1. The number of anilines is 1. The first-order valence-electron chi connectivity index (χ1n) is 11.9. The molecule has 0 aliphatic carbocycles. The van der Waals surface area contributed by atoms with Crippen LogP contribution in [0.15, 0.2) is 79.1 Å². The Bertz CT molecular complexity index is 1340. The lowest BCUT2D eigenvalue weighted by molar-refractivity contribution is 0.105. The summed E-state index contributed by atoms with van der Waals surface area (Å²) in [5.41, 5.74) is 4.23. The van der Waals surface area contributed by atoms with E-state index in [-0.39, 0.29) is 11.9 Å². The number of halogens is 1. The number of ether oxygens (including phenoxy) is 1. The van der Waals surface area contributed by atoms with Crippen molar-refractivity contribution < 1.29 is 13.9 Å². The molecule has 2 aromatic carbocycles. The summed E-state index contributed by atoms with van der Waals surface area (Å²) in [6.07, 6.45) is 3.24. The fraction of sp³-hybridized carbons (Fsp3) is 0.214. The minimum Gasteiger partial charge on any atom is -0.450 e. The molecule has 7 nitrogen and oxygen atoms in total. The van der Waals surface area contributed by atoms with E-state index in [4.69, 9.17) is 14.7 Å². The zero-order valence-electron chi connectivity index (χ0n) is 20.0. The van der Waals surface area contributed by atoms with E-state index in [1.54, 1.807) is 29.4 Å². The first kappa shape index (κ1) is 23.4. The monoisotopic (exact) mass is 483 g/mol. The van der Waals surface area contributed by atoms with Crippen LogP contribution in [-0.2, 0) is 4.74 Å². The van der Waals surface area contributed by atoms with Crippen molar-refractivity contribution in [2.75, 3.05) is 37.7 Å². The maximum Gasteiger partial charge on any atom is 0.409 e. The van der Waals surface area contributed by atoms with Gasteiger partial charge in [-0.15, -0.1) is 0 Å². The van der Waals surface area contributed by atoms with Crippen LogP contribution in [0.5, 0.6) is 0 Å². The van der Waals surface area contributed by atoms with Crippen LogP contribution in [0.2, 0.25) is 0 Å². The predicted octanol–water partition coefficient (Wildman–Crippen LogP) is 5.29. The molecule has 36 heavy (non-hydrogen) atoms. The number of nitrogens with zero attached hydrogens (tertiary/aromatic N) is 5. The van der Waals surface area contributed by atoms with Gasteiger partial charge in [0, 0.05) is 61.3 Å². The van der Waals surface area contributed by atoms with E-state index in [1.807, 2.05) is 49.4 Å². The smallest absolute Gasteiger partial charge is 0.409 e. The number of carbonyl (C=O) groups is 1. The summed E-state index contributed by atoms with van der Waals surface area (Å²) in [6.45, 7) is 4.55. The van der Waals surface area contributed by atoms with Crippen LogP contribution >= 0.6 is 0 Å². The summed E-state index contributed by atoms with van der Waals surface area (Å²) >= 11 is 0. The molecular formula is C28H26FN5O2. The van der Waals surface area contributed by atoms with Crippen LogP contribution in [0.4, 0.5) is 15.0 Å². The van der Waals surface area contributed by atoms with E-state index in [1.165, 1.54) is 12.1 Å². The van der Waals surface area contributed by atoms with Gasteiger partial charge in [0.1, 0.15) is 11.6 Å². The Kier molecular flexibility index (Phi) is 6.84. The van der Waals surface area contributed by atoms with Gasteiger partial charge in [0.2, 0.25) is 0 Å². The van der Waals surface area contributed by atoms with Crippen molar-refractivity contribution in [2.24, 2.45) is 0 Å². The molecule has 5 rings (SSSR count). The topological polar surface area (TPSA) is 71.5 Å². The van der Waals surface area contributed by atoms with Gasteiger partial charge in [-0.25, -0.2) is 19.2 Å². The molecule has 0 N–H and O–H groups in total. The molecule has 182 valence electrons. The summed E-state index contributed by atoms with van der Waals surface area (Å²) in [5.74, 6) is 1.12. The highest BCUT2D eigenvalue weighted by Crippen LogP contribution is 2.29. The van der Waals surface area contributed by atoms with Gasteiger partial charge in [0.15, 0.2) is 5.82 Å². The SMILES string of the molecule is CCOC(=O)N1CCN(c2cc(-c3cncc(-c4ccc(F)cc4)c3)nc(-c3ccccc3)n2)CC1. The number of hydrogen-bond donors (Lipinski definition) is 0. The van der Waals surface area contributed by atoms with Gasteiger partial charge in [0.25, 0.3) is 0 Å². The normalized spacial score (nSPS) is 13.5. The fourth-order valence-electron chi connectivity index (χ4n) is 4.17. The number of amides is 1. The lowest BCUT2D eigenvalue weighted by atomic mass is 10.0. The Hall–Kier alpha value is -4.33. The molecule has 0 bridgehead atoms. The minimum absolute atomic E-state index is 0.279. The predicted molar refractivity (Wildman–Crippen MR) is 137 cm³/mol. The first-order chi connectivity index (χ1) is 17.6. The summed E-state index contributed by atoms with van der Waals surface area (Å²) in [5, 5.41) is 0. The Labute approximate surface area is 209 Å². The molecule has 0 unspecified atom stereocenters. The highest BCUT2D eigenvalue weighted by atomic mass is 19.1. The molecule has 0 spiro atoms. The second kappa shape index (κ2) is 10.5. The van der Waals surface area contributed by atoms with Crippen LogP contribution in [0.3, 0.4) is 0 Å². The summed E-state index contributed by atoms with van der Waals surface area (Å²) < 4.78 is 18.6. The Morgan fingerprint density at radius 1 is 0.861 bits per heavy atom. The van der Waals surface area contributed by atoms with Crippen molar-refractivity contribution in [3.63, 3.8) is 0 Å². The first-order valence-corrected chi connectivity index (χ1v) is 11.9.